The highest BCUT2D eigenvalue weighted by Gasteiger charge is 2.11. The van der Waals surface area contributed by atoms with E-state index >= 15 is 0 Å². The largest absolute Gasteiger partial charge is 0.633 e. The van der Waals surface area contributed by atoms with Crippen LogP contribution in [0.5, 0.6) is 0 Å². The van der Waals surface area contributed by atoms with Gasteiger partial charge in [-0.1, -0.05) is 54.3 Å². The van der Waals surface area contributed by atoms with E-state index in [9.17, 15) is 5.21 Å². The van der Waals surface area contributed by atoms with Gasteiger partial charge in [-0.25, -0.2) is 0 Å². The first kappa shape index (κ1) is 20.3. The van der Waals surface area contributed by atoms with Crippen LogP contribution in [0.1, 0.15) is 26.3 Å². The molecule has 0 heterocycles. The van der Waals surface area contributed by atoms with Crippen molar-refractivity contribution >= 4 is 23.2 Å². The third-order valence-corrected chi connectivity index (χ3v) is 3.52. The Morgan fingerprint density at radius 2 is 1.75 bits per heavy atom. The molecule has 0 bridgehead atoms. The monoisotopic (exact) mass is 343 g/mol. The Morgan fingerprint density at radius 1 is 1.08 bits per heavy atom. The molecule has 0 aliphatic heterocycles. The second-order valence-corrected chi connectivity index (χ2v) is 7.20. The Balaban J connectivity index is 0.00000288. The number of benzene rings is 2. The van der Waals surface area contributed by atoms with Crippen molar-refractivity contribution in [1.82, 2.24) is 0 Å². The first-order chi connectivity index (χ1) is 10.8. The maximum Gasteiger partial charge on any atom is 0.105 e. The third-order valence-electron chi connectivity index (χ3n) is 3.52. The average Bonchev–Trinajstić information content (AvgIpc) is 2.45. The van der Waals surface area contributed by atoms with Gasteiger partial charge in [-0.15, -0.1) is 12.4 Å². The lowest BCUT2D eigenvalue weighted by atomic mass is 9.98. The summed E-state index contributed by atoms with van der Waals surface area (Å²) >= 11 is 0. The first-order valence-corrected chi connectivity index (χ1v) is 7.97. The second kappa shape index (κ2) is 8.35. The first-order valence-electron chi connectivity index (χ1n) is 7.97. The van der Waals surface area contributed by atoms with E-state index in [-0.39, 0.29) is 22.5 Å². The van der Waals surface area contributed by atoms with Crippen LogP contribution in [0.15, 0.2) is 54.6 Å². The van der Waals surface area contributed by atoms with E-state index in [0.29, 0.717) is 13.1 Å². The Labute approximate surface area is 151 Å². The molecule has 0 aromatic heterocycles. The van der Waals surface area contributed by atoms with Crippen molar-refractivity contribution in [3.63, 3.8) is 0 Å². The minimum atomic E-state index is -0.332. The number of nitrogens with zero attached hydrogens (tertiary/aromatic N) is 1. The van der Waals surface area contributed by atoms with Crippen molar-refractivity contribution in [3.8, 4) is 11.8 Å². The highest BCUT2D eigenvalue weighted by atomic mass is 35.5. The molecule has 0 aliphatic carbocycles. The van der Waals surface area contributed by atoms with Crippen molar-refractivity contribution in [2.24, 2.45) is 5.41 Å². The standard InChI is InChI=1S/C21H25NO.ClH/c1-21(2,3)15-8-5-9-16-22(4,23)17-19-13-10-12-18-11-6-7-14-20(18)19;/h5-7,9-14H,16-17H2,1-4H3;1H/b9-5+;. The molecule has 1 unspecified atom stereocenters. The van der Waals surface area contributed by atoms with Gasteiger partial charge >= 0.3 is 0 Å². The quantitative estimate of drug-likeness (QED) is 0.419. The zero-order valence-corrected chi connectivity index (χ0v) is 15.7. The van der Waals surface area contributed by atoms with Gasteiger partial charge in [0, 0.05) is 11.0 Å². The molecule has 0 amide bonds. The lowest BCUT2D eigenvalue weighted by Gasteiger charge is -2.38. The average molecular weight is 344 g/mol. The number of hydroxylamine groups is 3. The molecule has 128 valence electrons. The Bertz CT molecular complexity index is 755. The predicted octanol–water partition coefficient (Wildman–Crippen LogP) is 5.31. The second-order valence-electron chi connectivity index (χ2n) is 7.20. The number of hydrogen-bond acceptors (Lipinski definition) is 1. The van der Waals surface area contributed by atoms with Crippen LogP contribution in [0.4, 0.5) is 0 Å². The molecular formula is C21H26ClNO. The summed E-state index contributed by atoms with van der Waals surface area (Å²) in [6, 6.07) is 14.3. The van der Waals surface area contributed by atoms with E-state index in [0.717, 1.165) is 10.9 Å². The maximum absolute atomic E-state index is 12.7. The fourth-order valence-electron chi connectivity index (χ4n) is 2.45. The molecule has 0 N–H and O–H groups in total. The summed E-state index contributed by atoms with van der Waals surface area (Å²) in [5.41, 5.74) is 1.08. The van der Waals surface area contributed by atoms with Crippen LogP contribution in [0, 0.1) is 22.5 Å². The molecule has 0 fully saturated rings. The molecule has 0 spiro atoms. The fourth-order valence-corrected chi connectivity index (χ4v) is 2.45. The summed E-state index contributed by atoms with van der Waals surface area (Å²) < 4.78 is -0.332. The van der Waals surface area contributed by atoms with E-state index in [1.165, 1.54) is 5.39 Å². The normalized spacial score (nSPS) is 13.9. The lowest BCUT2D eigenvalue weighted by molar-refractivity contribution is -0.868. The summed E-state index contributed by atoms with van der Waals surface area (Å²) in [6.45, 7) is 7.09. The van der Waals surface area contributed by atoms with Crippen LogP contribution >= 0.6 is 12.4 Å². The van der Waals surface area contributed by atoms with E-state index in [4.69, 9.17) is 0 Å². The molecular weight excluding hydrogens is 318 g/mol. The van der Waals surface area contributed by atoms with E-state index in [2.05, 4.69) is 50.8 Å². The van der Waals surface area contributed by atoms with Gasteiger partial charge in [-0.2, -0.15) is 0 Å². The molecule has 0 saturated heterocycles. The number of quaternary nitrogens is 1. The lowest BCUT2D eigenvalue weighted by Crippen LogP contribution is -2.36. The van der Waals surface area contributed by atoms with Gasteiger partial charge in [0.1, 0.15) is 6.54 Å². The van der Waals surface area contributed by atoms with E-state index in [1.807, 2.05) is 30.3 Å². The molecule has 0 radical (unpaired) electrons. The van der Waals surface area contributed by atoms with Gasteiger partial charge in [-0.05, 0) is 43.7 Å². The van der Waals surface area contributed by atoms with Crippen LogP contribution in [-0.2, 0) is 6.54 Å². The highest BCUT2D eigenvalue weighted by Crippen LogP contribution is 2.21. The van der Waals surface area contributed by atoms with E-state index < -0.39 is 0 Å². The highest BCUT2D eigenvalue weighted by molar-refractivity contribution is 5.85. The number of rotatable bonds is 4. The van der Waals surface area contributed by atoms with Gasteiger partial charge in [-0.3, -0.25) is 0 Å². The number of halogens is 1. The van der Waals surface area contributed by atoms with Gasteiger partial charge in [0.15, 0.2) is 0 Å². The Kier molecular flexibility index (Phi) is 7.05. The maximum atomic E-state index is 12.7. The van der Waals surface area contributed by atoms with Crippen LogP contribution < -0.4 is 0 Å². The summed E-state index contributed by atoms with van der Waals surface area (Å²) in [4.78, 5) is 0. The predicted molar refractivity (Wildman–Crippen MR) is 106 cm³/mol. The third kappa shape index (κ3) is 6.37. The summed E-state index contributed by atoms with van der Waals surface area (Å²) in [5.74, 6) is 6.15. The molecule has 24 heavy (non-hydrogen) atoms. The van der Waals surface area contributed by atoms with Crippen molar-refractivity contribution < 1.29 is 4.65 Å². The van der Waals surface area contributed by atoms with E-state index in [1.54, 1.807) is 13.1 Å². The molecule has 2 rings (SSSR count). The molecule has 2 aromatic rings. The number of fused-ring (bicyclic) bond motifs is 1. The van der Waals surface area contributed by atoms with Gasteiger partial charge in [0.2, 0.25) is 0 Å². The molecule has 2 nitrogen and oxygen atoms in total. The topological polar surface area (TPSA) is 23.1 Å². The zero-order valence-electron chi connectivity index (χ0n) is 14.9. The van der Waals surface area contributed by atoms with Crippen molar-refractivity contribution in [1.29, 1.82) is 0 Å². The zero-order chi connectivity index (χ0) is 16.9. The van der Waals surface area contributed by atoms with Gasteiger partial charge in [0.05, 0.1) is 13.6 Å². The Morgan fingerprint density at radius 3 is 2.46 bits per heavy atom. The van der Waals surface area contributed by atoms with Crippen LogP contribution in [0.2, 0.25) is 0 Å². The summed E-state index contributed by atoms with van der Waals surface area (Å²) in [7, 11) is 1.71. The van der Waals surface area contributed by atoms with Crippen LogP contribution in [-0.4, -0.2) is 18.2 Å². The summed E-state index contributed by atoms with van der Waals surface area (Å²) in [5, 5.41) is 15.1. The minimum Gasteiger partial charge on any atom is -0.633 e. The summed E-state index contributed by atoms with van der Waals surface area (Å²) in [6.07, 6.45) is 3.67. The molecule has 3 heteroatoms. The smallest absolute Gasteiger partial charge is 0.105 e. The van der Waals surface area contributed by atoms with Crippen molar-refractivity contribution in [3.05, 3.63) is 65.4 Å². The number of likely N-dealkylation sites (N-methyl/N-ethyl adjacent to an activating group) is 1. The minimum absolute atomic E-state index is 0. The molecule has 1 atom stereocenters. The number of allylic oxidation sites excluding steroid dienone is 1. The van der Waals surface area contributed by atoms with Gasteiger partial charge < -0.3 is 9.85 Å². The molecule has 2 aromatic carbocycles. The Hall–Kier alpha value is -1.79. The SMILES string of the molecule is CC(C)(C)C#C/C=C/C[N+](C)([O-])Cc1cccc2ccccc12.Cl. The van der Waals surface area contributed by atoms with Crippen molar-refractivity contribution in [2.45, 2.75) is 27.3 Å². The van der Waals surface area contributed by atoms with Crippen LogP contribution in [0.3, 0.4) is 0 Å². The van der Waals surface area contributed by atoms with Crippen molar-refractivity contribution in [2.75, 3.05) is 13.6 Å². The molecule has 0 saturated carbocycles. The van der Waals surface area contributed by atoms with Gasteiger partial charge in [0.25, 0.3) is 0 Å². The number of hydrogen-bond donors (Lipinski definition) is 0. The van der Waals surface area contributed by atoms with Crippen LogP contribution in [0.25, 0.3) is 10.8 Å². The molecule has 0 aliphatic rings. The fraction of sp³-hybridized carbons (Fsp3) is 0.333.